The zero-order chi connectivity index (χ0) is 21.9. The Morgan fingerprint density at radius 1 is 0.967 bits per heavy atom. The van der Waals surface area contributed by atoms with Crippen molar-refractivity contribution in [2.45, 2.75) is 52.8 Å². The summed E-state index contributed by atoms with van der Waals surface area (Å²) in [5.41, 5.74) is 2.00. The Hall–Kier alpha value is -3.02. The average Bonchev–Trinajstić information content (AvgIpc) is 2.75. The Labute approximate surface area is 178 Å². The van der Waals surface area contributed by atoms with Crippen molar-refractivity contribution in [3.8, 4) is 11.5 Å². The molecule has 0 unspecified atom stereocenters. The number of rotatable bonds is 11. The number of ether oxygens (including phenoxy) is 3. The fourth-order valence-electron chi connectivity index (χ4n) is 3.01. The lowest BCUT2D eigenvalue weighted by atomic mass is 10.1. The van der Waals surface area contributed by atoms with Gasteiger partial charge in [-0.3, -0.25) is 9.59 Å². The van der Waals surface area contributed by atoms with Crippen LogP contribution in [0.25, 0.3) is 0 Å². The summed E-state index contributed by atoms with van der Waals surface area (Å²) in [5, 5.41) is 0. The average molecular weight is 414 g/mol. The van der Waals surface area contributed by atoms with Crippen molar-refractivity contribution in [1.82, 2.24) is 4.90 Å². The van der Waals surface area contributed by atoms with E-state index in [2.05, 4.69) is 0 Å². The van der Waals surface area contributed by atoms with Crippen molar-refractivity contribution < 1.29 is 23.8 Å². The van der Waals surface area contributed by atoms with Gasteiger partial charge in [0.1, 0.15) is 6.61 Å². The number of benzene rings is 2. The summed E-state index contributed by atoms with van der Waals surface area (Å²) >= 11 is 0. The molecule has 6 nitrogen and oxygen atoms in total. The quantitative estimate of drug-likeness (QED) is 0.512. The van der Waals surface area contributed by atoms with E-state index in [4.69, 9.17) is 14.2 Å². The minimum absolute atomic E-state index is 0.000280. The largest absolute Gasteiger partial charge is 0.493 e. The first-order valence-corrected chi connectivity index (χ1v) is 10.2. The van der Waals surface area contributed by atoms with Gasteiger partial charge in [-0.2, -0.15) is 0 Å². The van der Waals surface area contributed by atoms with Gasteiger partial charge in [0.05, 0.1) is 20.1 Å². The summed E-state index contributed by atoms with van der Waals surface area (Å²) in [4.78, 5) is 25.9. The maximum absolute atomic E-state index is 12.6. The van der Waals surface area contributed by atoms with Crippen molar-refractivity contribution in [2.75, 3.05) is 13.7 Å². The molecule has 1 amide bonds. The molecule has 0 saturated heterocycles. The summed E-state index contributed by atoms with van der Waals surface area (Å²) in [6, 6.07) is 15.6. The number of carbonyl (C=O) groups is 2. The van der Waals surface area contributed by atoms with E-state index in [0.717, 1.165) is 11.1 Å². The smallest absolute Gasteiger partial charge is 0.306 e. The molecule has 0 atom stereocenters. The van der Waals surface area contributed by atoms with Gasteiger partial charge in [-0.1, -0.05) is 36.4 Å². The molecule has 0 bridgehead atoms. The Kier molecular flexibility index (Phi) is 9.19. The maximum Gasteiger partial charge on any atom is 0.306 e. The standard InChI is InChI=1S/C24H31NO5/c1-5-29-24(27)14-13-23(26)25(18(2)3)16-20-11-12-21(22(15-20)28-4)30-17-19-9-7-6-8-10-19/h6-12,15,18H,5,13-14,16-17H2,1-4H3. The third kappa shape index (κ3) is 7.10. The van der Waals surface area contributed by atoms with Crippen LogP contribution >= 0.6 is 0 Å². The fourth-order valence-corrected chi connectivity index (χ4v) is 3.01. The molecule has 0 aliphatic rings. The monoisotopic (exact) mass is 413 g/mol. The first kappa shape index (κ1) is 23.3. The normalized spacial score (nSPS) is 10.6. The molecule has 0 aliphatic heterocycles. The van der Waals surface area contributed by atoms with E-state index in [1.54, 1.807) is 18.9 Å². The van der Waals surface area contributed by atoms with E-state index < -0.39 is 0 Å². The third-order valence-corrected chi connectivity index (χ3v) is 4.61. The van der Waals surface area contributed by atoms with Crippen LogP contribution in [0.1, 0.15) is 44.7 Å². The molecule has 2 rings (SSSR count). The molecular weight excluding hydrogens is 382 g/mol. The van der Waals surface area contributed by atoms with E-state index in [-0.39, 0.29) is 30.8 Å². The highest BCUT2D eigenvalue weighted by molar-refractivity contribution is 5.81. The van der Waals surface area contributed by atoms with Crippen LogP contribution in [0.15, 0.2) is 48.5 Å². The predicted octanol–water partition coefficient (Wildman–Crippen LogP) is 4.35. The van der Waals surface area contributed by atoms with Gasteiger partial charge >= 0.3 is 5.97 Å². The number of methoxy groups -OCH3 is 1. The molecule has 6 heteroatoms. The summed E-state index contributed by atoms with van der Waals surface area (Å²) in [5.74, 6) is 0.832. The van der Waals surface area contributed by atoms with Crippen LogP contribution in [-0.2, 0) is 27.5 Å². The summed E-state index contributed by atoms with van der Waals surface area (Å²) in [6.07, 6.45) is 0.220. The van der Waals surface area contributed by atoms with Gasteiger partial charge in [0.15, 0.2) is 11.5 Å². The van der Waals surface area contributed by atoms with E-state index in [0.29, 0.717) is 31.3 Å². The first-order valence-electron chi connectivity index (χ1n) is 10.2. The maximum atomic E-state index is 12.6. The predicted molar refractivity (Wildman–Crippen MR) is 115 cm³/mol. The molecule has 0 radical (unpaired) electrons. The molecule has 0 fully saturated rings. The van der Waals surface area contributed by atoms with Crippen LogP contribution in [0.3, 0.4) is 0 Å². The number of nitrogens with zero attached hydrogens (tertiary/aromatic N) is 1. The Morgan fingerprint density at radius 3 is 2.33 bits per heavy atom. The second-order valence-electron chi connectivity index (χ2n) is 7.18. The van der Waals surface area contributed by atoms with Crippen molar-refractivity contribution in [3.63, 3.8) is 0 Å². The molecule has 2 aromatic carbocycles. The fraction of sp³-hybridized carbons (Fsp3) is 0.417. The molecule has 0 aliphatic carbocycles. The van der Waals surface area contributed by atoms with Crippen molar-refractivity contribution in [1.29, 1.82) is 0 Å². The van der Waals surface area contributed by atoms with Crippen LogP contribution in [0, 0.1) is 0 Å². The number of amides is 1. The van der Waals surface area contributed by atoms with Crippen LogP contribution in [0.2, 0.25) is 0 Å². The van der Waals surface area contributed by atoms with E-state index in [1.165, 1.54) is 0 Å². The topological polar surface area (TPSA) is 65.1 Å². The minimum Gasteiger partial charge on any atom is -0.493 e. The van der Waals surface area contributed by atoms with Gasteiger partial charge in [-0.25, -0.2) is 0 Å². The molecule has 0 N–H and O–H groups in total. The van der Waals surface area contributed by atoms with E-state index >= 15 is 0 Å². The number of esters is 1. The summed E-state index contributed by atoms with van der Waals surface area (Å²) in [6.45, 7) is 6.85. The Balaban J connectivity index is 2.03. The lowest BCUT2D eigenvalue weighted by Gasteiger charge is -2.27. The molecule has 0 heterocycles. The Morgan fingerprint density at radius 2 is 1.70 bits per heavy atom. The van der Waals surface area contributed by atoms with Gasteiger partial charge in [0.2, 0.25) is 5.91 Å². The SMILES string of the molecule is CCOC(=O)CCC(=O)N(Cc1ccc(OCc2ccccc2)c(OC)c1)C(C)C. The van der Waals surface area contributed by atoms with Gasteiger partial charge in [-0.15, -0.1) is 0 Å². The highest BCUT2D eigenvalue weighted by Crippen LogP contribution is 2.29. The van der Waals surface area contributed by atoms with Gasteiger partial charge < -0.3 is 19.1 Å². The molecule has 2 aromatic rings. The summed E-state index contributed by atoms with van der Waals surface area (Å²) in [7, 11) is 1.60. The number of carbonyl (C=O) groups excluding carboxylic acids is 2. The lowest BCUT2D eigenvalue weighted by molar-refractivity contribution is -0.146. The highest BCUT2D eigenvalue weighted by atomic mass is 16.5. The molecule has 0 aromatic heterocycles. The molecule has 0 saturated carbocycles. The number of hydrogen-bond acceptors (Lipinski definition) is 5. The van der Waals surface area contributed by atoms with Gasteiger partial charge in [-0.05, 0) is 44.0 Å². The third-order valence-electron chi connectivity index (χ3n) is 4.61. The van der Waals surface area contributed by atoms with Crippen molar-refractivity contribution in [3.05, 3.63) is 59.7 Å². The highest BCUT2D eigenvalue weighted by Gasteiger charge is 2.19. The van der Waals surface area contributed by atoms with Crippen molar-refractivity contribution >= 4 is 11.9 Å². The second-order valence-corrected chi connectivity index (χ2v) is 7.18. The molecule has 0 spiro atoms. The minimum atomic E-state index is -0.351. The Bertz CT molecular complexity index is 820. The van der Waals surface area contributed by atoms with Crippen molar-refractivity contribution in [2.24, 2.45) is 0 Å². The summed E-state index contributed by atoms with van der Waals surface area (Å²) < 4.78 is 16.3. The lowest BCUT2D eigenvalue weighted by Crippen LogP contribution is -2.36. The van der Waals surface area contributed by atoms with Crippen LogP contribution < -0.4 is 9.47 Å². The van der Waals surface area contributed by atoms with Gasteiger partial charge in [0.25, 0.3) is 0 Å². The van der Waals surface area contributed by atoms with Crippen LogP contribution in [0.4, 0.5) is 0 Å². The molecule has 162 valence electrons. The van der Waals surface area contributed by atoms with Gasteiger partial charge in [0, 0.05) is 19.0 Å². The molecular formula is C24H31NO5. The molecule has 30 heavy (non-hydrogen) atoms. The first-order chi connectivity index (χ1) is 14.4. The van der Waals surface area contributed by atoms with Crippen LogP contribution in [0.5, 0.6) is 11.5 Å². The zero-order valence-corrected chi connectivity index (χ0v) is 18.2. The second kappa shape index (κ2) is 11.9. The zero-order valence-electron chi connectivity index (χ0n) is 18.2. The van der Waals surface area contributed by atoms with E-state index in [9.17, 15) is 9.59 Å². The van der Waals surface area contributed by atoms with Crippen LogP contribution in [-0.4, -0.2) is 36.5 Å². The number of hydrogen-bond donors (Lipinski definition) is 0. The van der Waals surface area contributed by atoms with E-state index in [1.807, 2.05) is 62.4 Å².